The van der Waals surface area contributed by atoms with Crippen molar-refractivity contribution in [2.24, 2.45) is 0 Å². The molecule has 2 aromatic rings. The zero-order valence-electron chi connectivity index (χ0n) is 11.2. The molecule has 1 aliphatic rings. The van der Waals surface area contributed by atoms with Crippen LogP contribution >= 0.6 is 11.6 Å². The fourth-order valence-electron chi connectivity index (χ4n) is 2.18. The van der Waals surface area contributed by atoms with Gasteiger partial charge in [-0.2, -0.15) is 5.10 Å². The first-order valence-corrected chi connectivity index (χ1v) is 7.01. The second kappa shape index (κ2) is 5.02. The number of aromatic nitrogens is 2. The summed E-state index contributed by atoms with van der Waals surface area (Å²) in [6.45, 7) is 5.42. The van der Waals surface area contributed by atoms with E-state index in [4.69, 9.17) is 16.0 Å². The second-order valence-electron chi connectivity index (χ2n) is 5.17. The topological polar surface area (TPSA) is 43.0 Å². The van der Waals surface area contributed by atoms with Crippen molar-refractivity contribution in [2.75, 3.05) is 0 Å². The summed E-state index contributed by atoms with van der Waals surface area (Å²) in [5.74, 6) is 0.996. The lowest BCUT2D eigenvalue weighted by molar-refractivity contribution is 0.473. The lowest BCUT2D eigenvalue weighted by Gasteiger charge is -2.06. The Kier molecular flexibility index (Phi) is 3.37. The summed E-state index contributed by atoms with van der Waals surface area (Å²) in [5.41, 5.74) is 3.04. The molecule has 2 heterocycles. The number of nitrogens with zero attached hydrogens (tertiary/aromatic N) is 2. The van der Waals surface area contributed by atoms with Crippen LogP contribution in [-0.2, 0) is 13.1 Å². The lowest BCUT2D eigenvalue weighted by atomic mass is 10.2. The number of halogens is 1. The summed E-state index contributed by atoms with van der Waals surface area (Å²) in [6.07, 6.45) is 4.30. The summed E-state index contributed by atoms with van der Waals surface area (Å²) >= 11 is 6.17. The number of aryl methyl sites for hydroxylation is 1. The van der Waals surface area contributed by atoms with Crippen LogP contribution in [0.25, 0.3) is 0 Å². The van der Waals surface area contributed by atoms with Gasteiger partial charge in [-0.05, 0) is 32.8 Å². The van der Waals surface area contributed by atoms with Crippen LogP contribution in [0.3, 0.4) is 0 Å². The van der Waals surface area contributed by atoms with Crippen molar-refractivity contribution >= 4 is 11.6 Å². The van der Waals surface area contributed by atoms with E-state index >= 15 is 0 Å². The predicted octanol–water partition coefficient (Wildman–Crippen LogP) is 3.05. The highest BCUT2D eigenvalue weighted by molar-refractivity contribution is 6.31. The highest BCUT2D eigenvalue weighted by Crippen LogP contribution is 2.22. The molecule has 3 rings (SSSR count). The van der Waals surface area contributed by atoms with E-state index in [0.717, 1.165) is 34.3 Å². The average Bonchev–Trinajstić information content (AvgIpc) is 3.08. The van der Waals surface area contributed by atoms with Gasteiger partial charge in [-0.25, -0.2) is 0 Å². The van der Waals surface area contributed by atoms with Crippen molar-refractivity contribution in [3.05, 3.63) is 40.1 Å². The second-order valence-corrected chi connectivity index (χ2v) is 5.54. The standard InChI is InChI=1S/C14H18ClN3O/c1-9-14(15)10(2)18(17-9)8-11-5-6-19-13(11)7-16-12-3-4-12/h5-6,12,16H,3-4,7-8H2,1-2H3. The molecule has 0 aliphatic heterocycles. The molecule has 1 aliphatic carbocycles. The van der Waals surface area contributed by atoms with Gasteiger partial charge in [-0.3, -0.25) is 4.68 Å². The van der Waals surface area contributed by atoms with Crippen molar-refractivity contribution in [1.29, 1.82) is 0 Å². The molecule has 0 amide bonds. The molecule has 1 fully saturated rings. The van der Waals surface area contributed by atoms with Crippen LogP contribution in [0.2, 0.25) is 5.02 Å². The van der Waals surface area contributed by atoms with E-state index in [1.807, 2.05) is 24.6 Å². The van der Waals surface area contributed by atoms with Crippen molar-refractivity contribution in [1.82, 2.24) is 15.1 Å². The fourth-order valence-corrected chi connectivity index (χ4v) is 2.31. The number of nitrogens with one attached hydrogen (secondary N) is 1. The Morgan fingerprint density at radius 2 is 2.26 bits per heavy atom. The molecule has 0 radical (unpaired) electrons. The van der Waals surface area contributed by atoms with E-state index in [2.05, 4.69) is 10.4 Å². The Bertz CT molecular complexity index is 584. The van der Waals surface area contributed by atoms with Gasteiger partial charge in [0.05, 0.1) is 35.8 Å². The van der Waals surface area contributed by atoms with Crippen LogP contribution in [-0.4, -0.2) is 15.8 Å². The summed E-state index contributed by atoms with van der Waals surface area (Å²) in [4.78, 5) is 0. The molecule has 4 nitrogen and oxygen atoms in total. The van der Waals surface area contributed by atoms with Crippen molar-refractivity contribution < 1.29 is 4.42 Å². The molecular formula is C14H18ClN3O. The van der Waals surface area contributed by atoms with E-state index < -0.39 is 0 Å². The first-order chi connectivity index (χ1) is 9.15. The van der Waals surface area contributed by atoms with Crippen LogP contribution in [0.4, 0.5) is 0 Å². The van der Waals surface area contributed by atoms with Crippen LogP contribution in [0.5, 0.6) is 0 Å². The average molecular weight is 280 g/mol. The first kappa shape index (κ1) is 12.8. The molecule has 0 aromatic carbocycles. The van der Waals surface area contributed by atoms with E-state index in [-0.39, 0.29) is 0 Å². The predicted molar refractivity (Wildman–Crippen MR) is 74.4 cm³/mol. The van der Waals surface area contributed by atoms with Gasteiger partial charge in [-0.1, -0.05) is 11.6 Å². The molecule has 102 valence electrons. The van der Waals surface area contributed by atoms with Crippen LogP contribution in [0.15, 0.2) is 16.7 Å². The molecule has 0 bridgehead atoms. The normalized spacial score (nSPS) is 15.1. The summed E-state index contributed by atoms with van der Waals surface area (Å²) in [5, 5.41) is 8.67. The Labute approximate surface area is 117 Å². The Morgan fingerprint density at radius 1 is 1.47 bits per heavy atom. The van der Waals surface area contributed by atoms with Gasteiger partial charge < -0.3 is 9.73 Å². The molecule has 2 aromatic heterocycles. The summed E-state index contributed by atoms with van der Waals surface area (Å²) in [7, 11) is 0. The minimum Gasteiger partial charge on any atom is -0.468 e. The van der Waals surface area contributed by atoms with E-state index in [9.17, 15) is 0 Å². The van der Waals surface area contributed by atoms with Crippen LogP contribution in [0, 0.1) is 13.8 Å². The lowest BCUT2D eigenvalue weighted by Crippen LogP contribution is -2.16. The number of hydrogen-bond donors (Lipinski definition) is 1. The van der Waals surface area contributed by atoms with Crippen molar-refractivity contribution in [3.8, 4) is 0 Å². The third kappa shape index (κ3) is 2.69. The van der Waals surface area contributed by atoms with Gasteiger partial charge in [0.2, 0.25) is 0 Å². The van der Waals surface area contributed by atoms with Gasteiger partial charge in [0, 0.05) is 11.6 Å². The Morgan fingerprint density at radius 3 is 2.89 bits per heavy atom. The monoisotopic (exact) mass is 279 g/mol. The highest BCUT2D eigenvalue weighted by Gasteiger charge is 2.21. The molecule has 0 spiro atoms. The largest absolute Gasteiger partial charge is 0.468 e. The van der Waals surface area contributed by atoms with Crippen molar-refractivity contribution in [3.63, 3.8) is 0 Å². The third-order valence-electron chi connectivity index (χ3n) is 3.58. The zero-order valence-corrected chi connectivity index (χ0v) is 12.0. The highest BCUT2D eigenvalue weighted by atomic mass is 35.5. The molecule has 1 saturated carbocycles. The van der Waals surface area contributed by atoms with Gasteiger partial charge >= 0.3 is 0 Å². The van der Waals surface area contributed by atoms with E-state index in [1.54, 1.807) is 6.26 Å². The SMILES string of the molecule is Cc1nn(Cc2ccoc2CNC2CC2)c(C)c1Cl. The smallest absolute Gasteiger partial charge is 0.122 e. The Balaban J connectivity index is 1.74. The maximum atomic E-state index is 6.17. The van der Waals surface area contributed by atoms with Gasteiger partial charge in [0.1, 0.15) is 5.76 Å². The molecule has 5 heteroatoms. The zero-order chi connectivity index (χ0) is 13.4. The van der Waals surface area contributed by atoms with Gasteiger partial charge in [-0.15, -0.1) is 0 Å². The number of furan rings is 1. The molecular weight excluding hydrogens is 262 g/mol. The van der Waals surface area contributed by atoms with Crippen LogP contribution < -0.4 is 5.32 Å². The van der Waals surface area contributed by atoms with Crippen molar-refractivity contribution in [2.45, 2.75) is 45.8 Å². The van der Waals surface area contributed by atoms with Crippen LogP contribution in [0.1, 0.15) is 35.6 Å². The quantitative estimate of drug-likeness (QED) is 0.915. The van der Waals surface area contributed by atoms with E-state index in [1.165, 1.54) is 12.8 Å². The summed E-state index contributed by atoms with van der Waals surface area (Å²) in [6, 6.07) is 2.69. The van der Waals surface area contributed by atoms with E-state index in [0.29, 0.717) is 12.6 Å². The van der Waals surface area contributed by atoms with Gasteiger partial charge in [0.15, 0.2) is 0 Å². The maximum Gasteiger partial charge on any atom is 0.122 e. The molecule has 0 saturated heterocycles. The first-order valence-electron chi connectivity index (χ1n) is 6.63. The number of rotatable bonds is 5. The fraction of sp³-hybridized carbons (Fsp3) is 0.500. The molecule has 19 heavy (non-hydrogen) atoms. The molecule has 0 unspecified atom stereocenters. The minimum absolute atomic E-state index is 0.682. The Hall–Kier alpha value is -1.26. The van der Waals surface area contributed by atoms with Gasteiger partial charge in [0.25, 0.3) is 0 Å². The number of hydrogen-bond acceptors (Lipinski definition) is 3. The molecule has 0 atom stereocenters. The minimum atomic E-state index is 0.682. The summed E-state index contributed by atoms with van der Waals surface area (Å²) < 4.78 is 7.49. The maximum absolute atomic E-state index is 6.17. The third-order valence-corrected chi connectivity index (χ3v) is 4.13. The molecule has 1 N–H and O–H groups in total.